The molecule has 2 rings (SSSR count). The number of hydrogen-bond donors (Lipinski definition) is 1. The number of carbonyl (C=O) groups is 1. The fourth-order valence-electron chi connectivity index (χ4n) is 2.41. The molecule has 104 valence electrons. The zero-order chi connectivity index (χ0) is 13.2. The number of piperidine rings is 1. The number of amides is 1. The second kappa shape index (κ2) is 5.45. The van der Waals surface area contributed by atoms with Crippen molar-refractivity contribution >= 4 is 6.09 Å². The van der Waals surface area contributed by atoms with Gasteiger partial charge in [-0.1, -0.05) is 0 Å². The summed E-state index contributed by atoms with van der Waals surface area (Å²) < 4.78 is 11.2. The number of nitrogens with zero attached hydrogens (tertiary/aromatic N) is 1. The topological polar surface area (TPSA) is 50.8 Å². The van der Waals surface area contributed by atoms with Gasteiger partial charge in [-0.3, -0.25) is 0 Å². The van der Waals surface area contributed by atoms with Crippen molar-refractivity contribution in [3.8, 4) is 0 Å². The summed E-state index contributed by atoms with van der Waals surface area (Å²) in [5.41, 5.74) is -0.434. The summed E-state index contributed by atoms with van der Waals surface area (Å²) >= 11 is 0. The van der Waals surface area contributed by atoms with Gasteiger partial charge in [-0.2, -0.15) is 0 Å². The molecule has 0 radical (unpaired) electrons. The molecule has 5 heteroatoms. The Morgan fingerprint density at radius 3 is 2.94 bits per heavy atom. The molecule has 0 aromatic rings. The van der Waals surface area contributed by atoms with Crippen molar-refractivity contribution in [2.24, 2.45) is 0 Å². The predicted molar refractivity (Wildman–Crippen MR) is 68.6 cm³/mol. The average Bonchev–Trinajstić information content (AvgIpc) is 2.50. The number of carbonyl (C=O) groups excluding carboxylic acids is 1. The smallest absolute Gasteiger partial charge is 0.410 e. The molecule has 0 aromatic carbocycles. The van der Waals surface area contributed by atoms with Crippen molar-refractivity contribution in [1.82, 2.24) is 10.2 Å². The summed E-state index contributed by atoms with van der Waals surface area (Å²) in [7, 11) is 0. The Labute approximate surface area is 109 Å². The Kier molecular flexibility index (Phi) is 4.12. The van der Waals surface area contributed by atoms with Gasteiger partial charge < -0.3 is 19.7 Å². The lowest BCUT2D eigenvalue weighted by Gasteiger charge is -2.38. The lowest BCUT2D eigenvalue weighted by atomic mass is 10.0. The van der Waals surface area contributed by atoms with Crippen LogP contribution in [0.25, 0.3) is 0 Å². The summed E-state index contributed by atoms with van der Waals surface area (Å²) in [5, 5.41) is 3.49. The number of nitrogens with one attached hydrogen (secondary N) is 1. The zero-order valence-electron chi connectivity index (χ0n) is 11.6. The van der Waals surface area contributed by atoms with Crippen molar-refractivity contribution in [3.63, 3.8) is 0 Å². The van der Waals surface area contributed by atoms with Crippen molar-refractivity contribution < 1.29 is 14.3 Å². The summed E-state index contributed by atoms with van der Waals surface area (Å²) in [4.78, 5) is 13.8. The highest BCUT2D eigenvalue weighted by Crippen LogP contribution is 2.19. The molecule has 2 saturated heterocycles. The number of likely N-dealkylation sites (tertiary alicyclic amines) is 1. The fourth-order valence-corrected chi connectivity index (χ4v) is 2.41. The van der Waals surface area contributed by atoms with Crippen LogP contribution in [0.2, 0.25) is 0 Å². The largest absolute Gasteiger partial charge is 0.444 e. The highest BCUT2D eigenvalue weighted by Gasteiger charge is 2.34. The monoisotopic (exact) mass is 256 g/mol. The summed E-state index contributed by atoms with van der Waals surface area (Å²) in [6, 6.07) is 0.381. The maximum absolute atomic E-state index is 12.0. The second-order valence-corrected chi connectivity index (χ2v) is 6.04. The molecule has 2 atom stereocenters. The van der Waals surface area contributed by atoms with E-state index < -0.39 is 5.60 Å². The highest BCUT2D eigenvalue weighted by molar-refractivity contribution is 5.68. The molecule has 2 aliphatic rings. The van der Waals surface area contributed by atoms with Crippen molar-refractivity contribution in [2.75, 3.05) is 26.2 Å². The molecule has 2 fully saturated rings. The second-order valence-electron chi connectivity index (χ2n) is 6.04. The SMILES string of the molecule is CC(C)(C)OC(=O)N1CC[C@@H]2NCCCO[C@@H]2C1. The van der Waals surface area contributed by atoms with Gasteiger partial charge in [0.1, 0.15) is 5.60 Å². The van der Waals surface area contributed by atoms with Crippen molar-refractivity contribution in [1.29, 1.82) is 0 Å². The highest BCUT2D eigenvalue weighted by atomic mass is 16.6. The summed E-state index contributed by atoms with van der Waals surface area (Å²) in [6.45, 7) is 8.83. The van der Waals surface area contributed by atoms with Crippen molar-refractivity contribution in [2.45, 2.75) is 51.4 Å². The van der Waals surface area contributed by atoms with E-state index in [1.807, 2.05) is 20.8 Å². The van der Waals surface area contributed by atoms with Crippen LogP contribution in [-0.2, 0) is 9.47 Å². The van der Waals surface area contributed by atoms with Crippen LogP contribution >= 0.6 is 0 Å². The van der Waals surface area contributed by atoms with E-state index in [-0.39, 0.29) is 12.2 Å². The van der Waals surface area contributed by atoms with E-state index in [1.165, 1.54) is 0 Å². The van der Waals surface area contributed by atoms with Gasteiger partial charge in [-0.05, 0) is 40.2 Å². The maximum atomic E-state index is 12.0. The molecule has 1 amide bonds. The Hall–Kier alpha value is -0.810. The fraction of sp³-hybridized carbons (Fsp3) is 0.923. The minimum absolute atomic E-state index is 0.105. The van der Waals surface area contributed by atoms with Crippen LogP contribution in [0, 0.1) is 0 Å². The van der Waals surface area contributed by atoms with Crippen LogP contribution in [-0.4, -0.2) is 55.0 Å². The molecule has 0 bridgehead atoms. The number of rotatable bonds is 0. The minimum Gasteiger partial charge on any atom is -0.444 e. The van der Waals surface area contributed by atoms with Gasteiger partial charge in [0, 0.05) is 19.2 Å². The van der Waals surface area contributed by atoms with E-state index in [4.69, 9.17) is 9.47 Å². The van der Waals surface area contributed by atoms with Crippen LogP contribution in [0.4, 0.5) is 4.79 Å². The van der Waals surface area contributed by atoms with E-state index in [0.29, 0.717) is 12.6 Å². The third kappa shape index (κ3) is 3.59. The first-order valence-electron chi connectivity index (χ1n) is 6.78. The molecule has 2 heterocycles. The summed E-state index contributed by atoms with van der Waals surface area (Å²) in [6.07, 6.45) is 1.85. The molecule has 0 aromatic heterocycles. The molecule has 0 unspecified atom stereocenters. The lowest BCUT2D eigenvalue weighted by Crippen LogP contribution is -2.54. The Bertz CT molecular complexity index is 301. The average molecular weight is 256 g/mol. The standard InChI is InChI=1S/C13H24N2O3/c1-13(2,3)18-12(16)15-7-5-10-11(9-15)17-8-4-6-14-10/h10-11,14H,4-9H2,1-3H3/t10-,11+/m0/s1. The normalized spacial score (nSPS) is 29.4. The third-order valence-corrected chi connectivity index (χ3v) is 3.27. The first-order chi connectivity index (χ1) is 8.46. The van der Waals surface area contributed by atoms with E-state index in [2.05, 4.69) is 5.32 Å². The molecule has 1 N–H and O–H groups in total. The van der Waals surface area contributed by atoms with Crippen molar-refractivity contribution in [3.05, 3.63) is 0 Å². The molecule has 0 saturated carbocycles. The lowest BCUT2D eigenvalue weighted by molar-refractivity contribution is -0.0257. The third-order valence-electron chi connectivity index (χ3n) is 3.27. The molecular formula is C13H24N2O3. The molecule has 0 spiro atoms. The summed E-state index contributed by atoms with van der Waals surface area (Å²) in [5.74, 6) is 0. The van der Waals surface area contributed by atoms with E-state index in [0.717, 1.165) is 32.5 Å². The minimum atomic E-state index is -0.434. The maximum Gasteiger partial charge on any atom is 0.410 e. The first kappa shape index (κ1) is 13.6. The van der Waals surface area contributed by atoms with E-state index in [1.54, 1.807) is 4.90 Å². The van der Waals surface area contributed by atoms with Gasteiger partial charge >= 0.3 is 6.09 Å². The van der Waals surface area contributed by atoms with Crippen LogP contribution in [0.3, 0.4) is 0 Å². The molecule has 0 aliphatic carbocycles. The van der Waals surface area contributed by atoms with Crippen LogP contribution in [0.5, 0.6) is 0 Å². The predicted octanol–water partition coefficient (Wildman–Crippen LogP) is 1.37. The van der Waals surface area contributed by atoms with Crippen LogP contribution in [0.1, 0.15) is 33.6 Å². The quantitative estimate of drug-likeness (QED) is 0.711. The number of fused-ring (bicyclic) bond motifs is 1. The van der Waals surface area contributed by atoms with Crippen LogP contribution < -0.4 is 5.32 Å². The molecule has 2 aliphatic heterocycles. The van der Waals surface area contributed by atoms with Gasteiger partial charge in [0.15, 0.2) is 0 Å². The van der Waals surface area contributed by atoms with E-state index in [9.17, 15) is 4.79 Å². The van der Waals surface area contributed by atoms with Gasteiger partial charge in [-0.15, -0.1) is 0 Å². The molecular weight excluding hydrogens is 232 g/mol. The Morgan fingerprint density at radius 2 is 2.22 bits per heavy atom. The Balaban J connectivity index is 1.91. The van der Waals surface area contributed by atoms with E-state index >= 15 is 0 Å². The Morgan fingerprint density at radius 1 is 1.44 bits per heavy atom. The number of ether oxygens (including phenoxy) is 2. The van der Waals surface area contributed by atoms with Gasteiger partial charge in [0.2, 0.25) is 0 Å². The first-order valence-corrected chi connectivity index (χ1v) is 6.78. The molecule has 18 heavy (non-hydrogen) atoms. The number of hydrogen-bond acceptors (Lipinski definition) is 4. The zero-order valence-corrected chi connectivity index (χ0v) is 11.6. The van der Waals surface area contributed by atoms with Gasteiger partial charge in [-0.25, -0.2) is 4.79 Å². The van der Waals surface area contributed by atoms with Gasteiger partial charge in [0.25, 0.3) is 0 Å². The van der Waals surface area contributed by atoms with Gasteiger partial charge in [0.05, 0.1) is 12.6 Å². The van der Waals surface area contributed by atoms with Crippen LogP contribution in [0.15, 0.2) is 0 Å². The molecule has 5 nitrogen and oxygen atoms in total.